The first-order chi connectivity index (χ1) is 11.2. The number of hydrogen-bond donors (Lipinski definition) is 1. The van der Waals surface area contributed by atoms with E-state index < -0.39 is 0 Å². The van der Waals surface area contributed by atoms with E-state index >= 15 is 0 Å². The maximum Gasteiger partial charge on any atom is 0.251 e. The Kier molecular flexibility index (Phi) is 4.69. The number of hydrogen-bond acceptors (Lipinski definition) is 4. The molecule has 118 valence electrons. The standard InChI is InChI=1S/C18H18N2O2S/c1-12-19-17(11-23-12)14-6-7-15(9-14)18(21)20-16-5-3-4-13(8-16)10-22-2/h3-6,8-9,11H,7,10H2,1-2H3,(H,20,21). The van der Waals surface area contributed by atoms with Gasteiger partial charge in [-0.15, -0.1) is 11.3 Å². The van der Waals surface area contributed by atoms with Crippen LogP contribution < -0.4 is 5.32 Å². The fourth-order valence-corrected chi connectivity index (χ4v) is 3.10. The topological polar surface area (TPSA) is 51.2 Å². The highest BCUT2D eigenvalue weighted by molar-refractivity contribution is 7.09. The van der Waals surface area contributed by atoms with Gasteiger partial charge in [-0.3, -0.25) is 4.79 Å². The first-order valence-electron chi connectivity index (χ1n) is 7.38. The molecule has 0 spiro atoms. The van der Waals surface area contributed by atoms with Gasteiger partial charge in [-0.2, -0.15) is 0 Å². The Labute approximate surface area is 139 Å². The molecule has 0 aliphatic heterocycles. The summed E-state index contributed by atoms with van der Waals surface area (Å²) in [5, 5.41) is 6.00. The fraction of sp³-hybridized carbons (Fsp3) is 0.222. The molecule has 0 atom stereocenters. The first kappa shape index (κ1) is 15.6. The fourth-order valence-electron chi connectivity index (χ4n) is 2.48. The van der Waals surface area contributed by atoms with E-state index in [-0.39, 0.29) is 5.91 Å². The molecule has 1 aromatic heterocycles. The van der Waals surface area contributed by atoms with Crippen molar-refractivity contribution < 1.29 is 9.53 Å². The molecule has 1 aliphatic rings. The molecule has 0 unspecified atom stereocenters. The Hall–Kier alpha value is -2.24. The molecule has 23 heavy (non-hydrogen) atoms. The van der Waals surface area contributed by atoms with Gasteiger partial charge in [0.2, 0.25) is 0 Å². The minimum atomic E-state index is -0.0715. The number of amides is 1. The Bertz CT molecular complexity index is 790. The molecule has 1 amide bonds. The van der Waals surface area contributed by atoms with Crippen LogP contribution in [0.1, 0.15) is 22.7 Å². The largest absolute Gasteiger partial charge is 0.380 e. The number of methoxy groups -OCH3 is 1. The Balaban J connectivity index is 1.69. The van der Waals surface area contributed by atoms with Crippen LogP contribution in [-0.4, -0.2) is 18.0 Å². The summed E-state index contributed by atoms with van der Waals surface area (Å²) in [6, 6.07) is 7.69. The molecule has 0 fully saturated rings. The second kappa shape index (κ2) is 6.89. The summed E-state index contributed by atoms with van der Waals surface area (Å²) in [4.78, 5) is 16.9. The molecule has 0 saturated carbocycles. The van der Waals surface area contributed by atoms with Gasteiger partial charge in [0.25, 0.3) is 5.91 Å². The Morgan fingerprint density at radius 3 is 3.04 bits per heavy atom. The third-order valence-corrected chi connectivity index (χ3v) is 4.35. The molecule has 5 heteroatoms. The zero-order valence-electron chi connectivity index (χ0n) is 13.1. The van der Waals surface area contributed by atoms with Crippen LogP contribution in [0.2, 0.25) is 0 Å². The lowest BCUT2D eigenvalue weighted by atomic mass is 10.2. The van der Waals surface area contributed by atoms with Crippen molar-refractivity contribution >= 4 is 28.5 Å². The van der Waals surface area contributed by atoms with Gasteiger partial charge < -0.3 is 10.1 Å². The number of allylic oxidation sites excluding steroid dienone is 3. The van der Waals surface area contributed by atoms with Crippen molar-refractivity contribution in [1.82, 2.24) is 4.98 Å². The number of nitrogens with one attached hydrogen (secondary N) is 1. The lowest BCUT2D eigenvalue weighted by Gasteiger charge is -2.07. The Morgan fingerprint density at radius 2 is 2.30 bits per heavy atom. The zero-order chi connectivity index (χ0) is 16.2. The van der Waals surface area contributed by atoms with Crippen molar-refractivity contribution in [2.75, 3.05) is 12.4 Å². The van der Waals surface area contributed by atoms with E-state index in [4.69, 9.17) is 4.74 Å². The number of benzene rings is 1. The number of rotatable bonds is 5. The summed E-state index contributed by atoms with van der Waals surface area (Å²) in [6.07, 6.45) is 4.60. The summed E-state index contributed by atoms with van der Waals surface area (Å²) in [6.45, 7) is 2.51. The van der Waals surface area contributed by atoms with Gasteiger partial charge in [0.15, 0.2) is 0 Å². The summed E-state index contributed by atoms with van der Waals surface area (Å²) in [7, 11) is 1.65. The summed E-state index contributed by atoms with van der Waals surface area (Å²) < 4.78 is 5.11. The molecule has 0 bridgehead atoms. The molecular weight excluding hydrogens is 308 g/mol. The SMILES string of the molecule is COCc1cccc(NC(=O)C2=CC(c3csc(C)n3)=CC2)c1. The second-order valence-corrected chi connectivity index (χ2v) is 6.43. The van der Waals surface area contributed by atoms with Crippen molar-refractivity contribution in [3.63, 3.8) is 0 Å². The molecule has 1 aliphatic carbocycles. The summed E-state index contributed by atoms with van der Waals surface area (Å²) >= 11 is 1.62. The predicted octanol–water partition coefficient (Wildman–Crippen LogP) is 3.95. The average Bonchev–Trinajstić information content (AvgIpc) is 3.16. The molecule has 0 saturated heterocycles. The Morgan fingerprint density at radius 1 is 1.43 bits per heavy atom. The lowest BCUT2D eigenvalue weighted by molar-refractivity contribution is -0.112. The molecule has 3 rings (SSSR count). The van der Waals surface area contributed by atoms with Gasteiger partial charge in [0.05, 0.1) is 17.3 Å². The monoisotopic (exact) mass is 326 g/mol. The van der Waals surface area contributed by atoms with E-state index in [2.05, 4.69) is 10.3 Å². The summed E-state index contributed by atoms with van der Waals surface area (Å²) in [5.41, 5.74) is 4.53. The van der Waals surface area contributed by atoms with Crippen LogP contribution in [0.5, 0.6) is 0 Å². The molecule has 2 aromatic rings. The normalized spacial score (nSPS) is 13.7. The van der Waals surface area contributed by atoms with Gasteiger partial charge in [-0.25, -0.2) is 4.98 Å². The minimum Gasteiger partial charge on any atom is -0.380 e. The van der Waals surface area contributed by atoms with Gasteiger partial charge in [0, 0.05) is 23.8 Å². The van der Waals surface area contributed by atoms with Crippen molar-refractivity contribution in [3.8, 4) is 0 Å². The number of ether oxygens (including phenoxy) is 1. The number of thiazole rings is 1. The van der Waals surface area contributed by atoms with Crippen LogP contribution in [0.3, 0.4) is 0 Å². The van der Waals surface area contributed by atoms with E-state index in [9.17, 15) is 4.79 Å². The van der Waals surface area contributed by atoms with E-state index in [0.717, 1.165) is 33.1 Å². The molecule has 4 nitrogen and oxygen atoms in total. The number of nitrogens with zero attached hydrogens (tertiary/aromatic N) is 1. The highest BCUT2D eigenvalue weighted by Gasteiger charge is 2.16. The van der Waals surface area contributed by atoms with Gasteiger partial charge >= 0.3 is 0 Å². The van der Waals surface area contributed by atoms with Crippen LogP contribution in [0, 0.1) is 6.92 Å². The van der Waals surface area contributed by atoms with Crippen LogP contribution in [0.25, 0.3) is 5.57 Å². The van der Waals surface area contributed by atoms with E-state index in [1.54, 1.807) is 18.4 Å². The molecule has 1 heterocycles. The molecular formula is C18H18N2O2S. The van der Waals surface area contributed by atoms with Crippen LogP contribution in [0.4, 0.5) is 5.69 Å². The van der Waals surface area contributed by atoms with E-state index in [1.807, 2.05) is 48.7 Å². The van der Waals surface area contributed by atoms with E-state index in [1.165, 1.54) is 0 Å². The lowest BCUT2D eigenvalue weighted by Crippen LogP contribution is -2.13. The summed E-state index contributed by atoms with van der Waals surface area (Å²) in [5.74, 6) is -0.0715. The minimum absolute atomic E-state index is 0.0715. The van der Waals surface area contributed by atoms with Crippen LogP contribution in [0.15, 0.2) is 47.4 Å². The molecule has 1 N–H and O–H groups in total. The number of aryl methyl sites for hydroxylation is 1. The van der Waals surface area contributed by atoms with Crippen molar-refractivity contribution in [3.05, 3.63) is 63.6 Å². The number of carbonyl (C=O) groups excluding carboxylic acids is 1. The van der Waals surface area contributed by atoms with Crippen LogP contribution in [-0.2, 0) is 16.1 Å². The molecule has 1 aromatic carbocycles. The van der Waals surface area contributed by atoms with Gasteiger partial charge in [-0.05, 0) is 42.7 Å². The highest BCUT2D eigenvalue weighted by Crippen LogP contribution is 2.27. The maximum absolute atomic E-state index is 12.4. The van der Waals surface area contributed by atoms with Gasteiger partial charge in [-0.1, -0.05) is 18.2 Å². The first-order valence-corrected chi connectivity index (χ1v) is 8.26. The maximum atomic E-state index is 12.4. The zero-order valence-corrected chi connectivity index (χ0v) is 13.9. The van der Waals surface area contributed by atoms with Crippen molar-refractivity contribution in [2.45, 2.75) is 20.0 Å². The smallest absolute Gasteiger partial charge is 0.251 e. The predicted molar refractivity (Wildman–Crippen MR) is 93.3 cm³/mol. The molecule has 0 radical (unpaired) electrons. The quantitative estimate of drug-likeness (QED) is 0.905. The number of aromatic nitrogens is 1. The van der Waals surface area contributed by atoms with Crippen molar-refractivity contribution in [2.24, 2.45) is 0 Å². The second-order valence-electron chi connectivity index (χ2n) is 5.37. The number of carbonyl (C=O) groups is 1. The third kappa shape index (κ3) is 3.75. The highest BCUT2D eigenvalue weighted by atomic mass is 32.1. The number of anilines is 1. The average molecular weight is 326 g/mol. The van der Waals surface area contributed by atoms with Crippen molar-refractivity contribution in [1.29, 1.82) is 0 Å². The third-order valence-electron chi connectivity index (χ3n) is 3.57. The van der Waals surface area contributed by atoms with E-state index in [0.29, 0.717) is 13.0 Å². The van der Waals surface area contributed by atoms with Gasteiger partial charge in [0.1, 0.15) is 0 Å². The van der Waals surface area contributed by atoms with Crippen LogP contribution >= 0.6 is 11.3 Å².